The highest BCUT2D eigenvalue weighted by molar-refractivity contribution is 7.16. The number of anilines is 1. The Kier molecular flexibility index (Phi) is 4.63. The molecule has 4 nitrogen and oxygen atoms in total. The Balaban J connectivity index is 1.90. The van der Waals surface area contributed by atoms with Crippen LogP contribution in [0.3, 0.4) is 0 Å². The van der Waals surface area contributed by atoms with E-state index in [1.165, 1.54) is 30.6 Å². The first-order valence-electron chi connectivity index (χ1n) is 8.59. The zero-order valence-corrected chi connectivity index (χ0v) is 14.5. The number of carbonyl (C=O) groups excluding carboxylic acids is 1. The number of fused-ring (bicyclic) bond motifs is 1. The molecule has 0 aromatic carbocycles. The van der Waals surface area contributed by atoms with Gasteiger partial charge in [0.1, 0.15) is 5.00 Å². The Bertz CT molecular complexity index is 640. The lowest BCUT2D eigenvalue weighted by Gasteiger charge is -2.40. The second-order valence-corrected chi connectivity index (χ2v) is 7.88. The molecule has 0 spiro atoms. The van der Waals surface area contributed by atoms with Crippen molar-refractivity contribution in [2.75, 3.05) is 12.3 Å². The van der Waals surface area contributed by atoms with E-state index in [-0.39, 0.29) is 11.4 Å². The Morgan fingerprint density at radius 1 is 1.43 bits per heavy atom. The summed E-state index contributed by atoms with van der Waals surface area (Å²) in [6, 6.07) is 2.66. The maximum absolute atomic E-state index is 12.2. The van der Waals surface area contributed by atoms with Gasteiger partial charge in [0.15, 0.2) is 0 Å². The van der Waals surface area contributed by atoms with Crippen molar-refractivity contribution in [2.45, 2.75) is 58.3 Å². The molecule has 23 heavy (non-hydrogen) atoms. The third-order valence-electron chi connectivity index (χ3n) is 5.50. The molecule has 2 N–H and O–H groups in total. The molecule has 1 aromatic heterocycles. The molecule has 0 bridgehead atoms. The van der Waals surface area contributed by atoms with Gasteiger partial charge in [-0.1, -0.05) is 19.3 Å². The van der Waals surface area contributed by atoms with Crippen LogP contribution in [0.5, 0.6) is 0 Å². The highest BCUT2D eigenvalue weighted by Gasteiger charge is 2.44. The third-order valence-corrected chi connectivity index (χ3v) is 6.57. The van der Waals surface area contributed by atoms with Crippen LogP contribution in [0.15, 0.2) is 0 Å². The zero-order valence-electron chi connectivity index (χ0n) is 13.7. The Hall–Kier alpha value is -1.54. The SMILES string of the molecule is CCOC(=O)c1c(N)sc2c1CCC(C#N)(C1CCCCC1)C2. The van der Waals surface area contributed by atoms with E-state index >= 15 is 0 Å². The van der Waals surface area contributed by atoms with E-state index in [1.54, 1.807) is 6.92 Å². The fourth-order valence-electron chi connectivity index (χ4n) is 4.28. The van der Waals surface area contributed by atoms with Crippen molar-refractivity contribution in [1.82, 2.24) is 0 Å². The van der Waals surface area contributed by atoms with Gasteiger partial charge in [0.25, 0.3) is 0 Å². The van der Waals surface area contributed by atoms with Crippen LogP contribution in [0.1, 0.15) is 66.2 Å². The van der Waals surface area contributed by atoms with Gasteiger partial charge >= 0.3 is 5.97 Å². The van der Waals surface area contributed by atoms with Crippen LogP contribution in [0, 0.1) is 22.7 Å². The largest absolute Gasteiger partial charge is 0.462 e. The van der Waals surface area contributed by atoms with E-state index in [0.717, 1.165) is 42.5 Å². The normalized spacial score (nSPS) is 24.7. The number of hydrogen-bond acceptors (Lipinski definition) is 5. The van der Waals surface area contributed by atoms with E-state index < -0.39 is 0 Å². The highest BCUT2D eigenvalue weighted by atomic mass is 32.1. The lowest BCUT2D eigenvalue weighted by molar-refractivity contribution is 0.0525. The summed E-state index contributed by atoms with van der Waals surface area (Å²) in [5.74, 6) is 0.174. The maximum Gasteiger partial charge on any atom is 0.341 e. The predicted octanol–water partition coefficient (Wildman–Crippen LogP) is 4.09. The van der Waals surface area contributed by atoms with Crippen molar-refractivity contribution in [3.8, 4) is 6.07 Å². The van der Waals surface area contributed by atoms with Gasteiger partial charge in [-0.25, -0.2) is 4.79 Å². The number of carbonyl (C=O) groups is 1. The van der Waals surface area contributed by atoms with Crippen molar-refractivity contribution >= 4 is 22.3 Å². The van der Waals surface area contributed by atoms with Crippen LogP contribution >= 0.6 is 11.3 Å². The molecule has 5 heteroatoms. The van der Waals surface area contributed by atoms with Crippen LogP contribution in [0.4, 0.5) is 5.00 Å². The molecule has 2 aliphatic rings. The first kappa shape index (κ1) is 16.3. The van der Waals surface area contributed by atoms with Gasteiger partial charge < -0.3 is 10.5 Å². The van der Waals surface area contributed by atoms with Gasteiger partial charge in [0.2, 0.25) is 0 Å². The Morgan fingerprint density at radius 2 is 2.17 bits per heavy atom. The monoisotopic (exact) mass is 332 g/mol. The van der Waals surface area contributed by atoms with Crippen molar-refractivity contribution in [1.29, 1.82) is 5.26 Å². The summed E-state index contributed by atoms with van der Waals surface area (Å²) in [5, 5.41) is 10.5. The number of ether oxygens (including phenoxy) is 1. The molecule has 124 valence electrons. The lowest BCUT2D eigenvalue weighted by atomic mass is 9.62. The maximum atomic E-state index is 12.2. The number of nitriles is 1. The van der Waals surface area contributed by atoms with Crippen LogP contribution in [-0.4, -0.2) is 12.6 Å². The van der Waals surface area contributed by atoms with Crippen molar-refractivity contribution in [3.05, 3.63) is 16.0 Å². The molecule has 3 rings (SSSR count). The zero-order chi connectivity index (χ0) is 16.4. The summed E-state index contributed by atoms with van der Waals surface area (Å²) in [6.45, 7) is 2.16. The van der Waals surface area contributed by atoms with E-state index in [1.807, 2.05) is 0 Å². The first-order valence-corrected chi connectivity index (χ1v) is 9.41. The molecule has 1 fully saturated rings. The standard InChI is InChI=1S/C18H24N2O2S/c1-2-22-17(21)15-13-8-9-18(11-19,10-14(13)23-16(15)20)12-6-4-3-5-7-12/h12H,2-10,20H2,1H3. The molecule has 0 saturated heterocycles. The molecule has 2 aliphatic carbocycles. The van der Waals surface area contributed by atoms with E-state index in [9.17, 15) is 10.1 Å². The smallest absolute Gasteiger partial charge is 0.341 e. The quantitative estimate of drug-likeness (QED) is 0.846. The molecule has 1 aromatic rings. The topological polar surface area (TPSA) is 76.1 Å². The van der Waals surface area contributed by atoms with Gasteiger partial charge in [-0.3, -0.25) is 0 Å². The molecule has 1 atom stereocenters. The number of rotatable bonds is 3. The minimum atomic E-state index is -0.315. The van der Waals surface area contributed by atoms with Gasteiger partial charge in [0, 0.05) is 11.3 Å². The molecule has 1 unspecified atom stereocenters. The summed E-state index contributed by atoms with van der Waals surface area (Å²) in [7, 11) is 0. The van der Waals surface area contributed by atoms with Crippen LogP contribution in [0.2, 0.25) is 0 Å². The molecule has 1 saturated carbocycles. The number of nitrogens with two attached hydrogens (primary N) is 1. The summed E-state index contributed by atoms with van der Waals surface area (Å²) in [6.07, 6.45) is 8.44. The van der Waals surface area contributed by atoms with Crippen molar-refractivity contribution < 1.29 is 9.53 Å². The number of nitrogens with zero attached hydrogens (tertiary/aromatic N) is 1. The van der Waals surface area contributed by atoms with Gasteiger partial charge in [-0.05, 0) is 44.1 Å². The summed E-state index contributed by atoms with van der Waals surface area (Å²) in [4.78, 5) is 13.3. The molecular formula is C18H24N2O2S. The van der Waals surface area contributed by atoms with E-state index in [0.29, 0.717) is 23.1 Å². The minimum Gasteiger partial charge on any atom is -0.462 e. The second kappa shape index (κ2) is 6.52. The van der Waals surface area contributed by atoms with Gasteiger partial charge in [-0.2, -0.15) is 5.26 Å². The lowest BCUT2D eigenvalue weighted by Crippen LogP contribution is -2.36. The average molecular weight is 332 g/mol. The van der Waals surface area contributed by atoms with Crippen molar-refractivity contribution in [2.24, 2.45) is 11.3 Å². The second-order valence-electron chi connectivity index (χ2n) is 6.74. The molecule has 1 heterocycles. The van der Waals surface area contributed by atoms with Crippen LogP contribution in [0.25, 0.3) is 0 Å². The fraction of sp³-hybridized carbons (Fsp3) is 0.667. The van der Waals surface area contributed by atoms with Gasteiger partial charge in [0.05, 0.1) is 23.7 Å². The number of nitrogen functional groups attached to an aromatic ring is 1. The number of esters is 1. The number of thiophene rings is 1. The molecule has 0 radical (unpaired) electrons. The first-order chi connectivity index (χ1) is 11.1. The average Bonchev–Trinajstić information content (AvgIpc) is 2.90. The van der Waals surface area contributed by atoms with Crippen LogP contribution in [-0.2, 0) is 17.6 Å². The van der Waals surface area contributed by atoms with E-state index in [2.05, 4.69) is 6.07 Å². The van der Waals surface area contributed by atoms with Crippen LogP contribution < -0.4 is 5.73 Å². The molecular weight excluding hydrogens is 308 g/mol. The summed E-state index contributed by atoms with van der Waals surface area (Å²) < 4.78 is 5.15. The fourth-order valence-corrected chi connectivity index (χ4v) is 5.51. The Morgan fingerprint density at radius 3 is 2.83 bits per heavy atom. The summed E-state index contributed by atoms with van der Waals surface area (Å²) >= 11 is 1.48. The third kappa shape index (κ3) is 2.85. The summed E-state index contributed by atoms with van der Waals surface area (Å²) in [5.41, 5.74) is 7.42. The predicted molar refractivity (Wildman–Crippen MR) is 91.3 cm³/mol. The van der Waals surface area contributed by atoms with Crippen molar-refractivity contribution in [3.63, 3.8) is 0 Å². The molecule has 0 aliphatic heterocycles. The minimum absolute atomic E-state index is 0.267. The molecule has 0 amide bonds. The van der Waals surface area contributed by atoms with E-state index in [4.69, 9.17) is 10.5 Å². The highest BCUT2D eigenvalue weighted by Crippen LogP contribution is 2.50. The van der Waals surface area contributed by atoms with Gasteiger partial charge in [-0.15, -0.1) is 11.3 Å². The number of hydrogen-bond donors (Lipinski definition) is 1. The Labute approximate surface area is 141 Å².